The molecule has 1 aliphatic rings. The van der Waals surface area contributed by atoms with E-state index in [9.17, 15) is 0 Å². The molecule has 35 heavy (non-hydrogen) atoms. The average Bonchev–Trinajstić information content (AvgIpc) is 2.92. The molecule has 1 nitrogen and oxygen atoms in total. The van der Waals surface area contributed by atoms with E-state index in [1.54, 1.807) is 0 Å². The molecular formula is C34H20O. The van der Waals surface area contributed by atoms with E-state index in [0.717, 1.165) is 17.1 Å². The first-order valence-corrected chi connectivity index (χ1v) is 12.0. The Bertz CT molecular complexity index is 1980. The summed E-state index contributed by atoms with van der Waals surface area (Å²) >= 11 is 0. The first kappa shape index (κ1) is 18.8. The van der Waals surface area contributed by atoms with E-state index in [1.165, 1.54) is 59.8 Å². The summed E-state index contributed by atoms with van der Waals surface area (Å²) in [4.78, 5) is 0. The number of hydrogen-bond donors (Lipinski definition) is 0. The Morgan fingerprint density at radius 3 is 1.97 bits per heavy atom. The highest BCUT2D eigenvalue weighted by molar-refractivity contribution is 6.18. The lowest BCUT2D eigenvalue weighted by atomic mass is 9.87. The number of rotatable bonds is 1. The van der Waals surface area contributed by atoms with E-state index in [0.29, 0.717) is 0 Å². The highest BCUT2D eigenvalue weighted by Gasteiger charge is 2.21. The molecule has 0 bridgehead atoms. The molecule has 0 unspecified atom stereocenters. The highest BCUT2D eigenvalue weighted by atomic mass is 16.5. The zero-order chi connectivity index (χ0) is 22.9. The second kappa shape index (κ2) is 6.94. The van der Waals surface area contributed by atoms with E-state index in [4.69, 9.17) is 4.74 Å². The van der Waals surface area contributed by atoms with Crippen molar-refractivity contribution >= 4 is 43.1 Å². The first-order chi connectivity index (χ1) is 17.3. The van der Waals surface area contributed by atoms with Gasteiger partial charge in [0.2, 0.25) is 0 Å². The molecule has 0 atom stereocenters. The van der Waals surface area contributed by atoms with Crippen LogP contribution in [0.3, 0.4) is 0 Å². The van der Waals surface area contributed by atoms with E-state index in [1.807, 2.05) is 12.1 Å². The van der Waals surface area contributed by atoms with Crippen LogP contribution in [0, 0.1) is 0 Å². The van der Waals surface area contributed by atoms with Crippen LogP contribution in [-0.2, 0) is 0 Å². The van der Waals surface area contributed by atoms with Crippen LogP contribution in [0.5, 0.6) is 11.5 Å². The Kier molecular flexibility index (Phi) is 3.72. The van der Waals surface area contributed by atoms with E-state index in [2.05, 4.69) is 109 Å². The van der Waals surface area contributed by atoms with Crippen LogP contribution in [0.25, 0.3) is 65.3 Å². The van der Waals surface area contributed by atoms with Gasteiger partial charge in [-0.05, 0) is 78.7 Å². The lowest BCUT2D eigenvalue weighted by Crippen LogP contribution is -1.97. The summed E-state index contributed by atoms with van der Waals surface area (Å²) in [5.74, 6) is 1.85. The fourth-order valence-electron chi connectivity index (χ4n) is 5.83. The smallest absolute Gasteiger partial charge is 0.135 e. The number of benzene rings is 7. The fraction of sp³-hybridized carbons (Fsp3) is 0. The van der Waals surface area contributed by atoms with Gasteiger partial charge in [-0.3, -0.25) is 0 Å². The molecule has 7 aromatic rings. The standard InChI is InChI=1S/C34H20O/c1-2-8-22-20-31-23(19-21(22)7-1)15-16-26-24(10-5-11-25(26)31)27-17-18-30-28-9-3-4-13-32(28)35-33-14-6-12-29(27)34(30)33/h1-20H. The van der Waals surface area contributed by atoms with Gasteiger partial charge in [-0.15, -0.1) is 0 Å². The van der Waals surface area contributed by atoms with Crippen LogP contribution >= 0.6 is 0 Å². The maximum absolute atomic E-state index is 6.33. The molecule has 0 aromatic heterocycles. The summed E-state index contributed by atoms with van der Waals surface area (Å²) in [6, 6.07) is 43.7. The molecule has 1 heterocycles. The van der Waals surface area contributed by atoms with Gasteiger partial charge in [0, 0.05) is 10.9 Å². The molecule has 0 fully saturated rings. The Balaban J connectivity index is 1.44. The summed E-state index contributed by atoms with van der Waals surface area (Å²) in [6.07, 6.45) is 0. The quantitative estimate of drug-likeness (QED) is 0.181. The first-order valence-electron chi connectivity index (χ1n) is 12.0. The van der Waals surface area contributed by atoms with Gasteiger partial charge >= 0.3 is 0 Å². The van der Waals surface area contributed by atoms with Crippen molar-refractivity contribution in [1.29, 1.82) is 0 Å². The highest BCUT2D eigenvalue weighted by Crippen LogP contribution is 2.49. The largest absolute Gasteiger partial charge is 0.456 e. The minimum Gasteiger partial charge on any atom is -0.456 e. The van der Waals surface area contributed by atoms with Crippen molar-refractivity contribution < 1.29 is 4.74 Å². The lowest BCUT2D eigenvalue weighted by Gasteiger charge is -2.22. The van der Waals surface area contributed by atoms with E-state index < -0.39 is 0 Å². The van der Waals surface area contributed by atoms with Gasteiger partial charge in [-0.25, -0.2) is 0 Å². The number of ether oxygens (including phenoxy) is 1. The van der Waals surface area contributed by atoms with Gasteiger partial charge < -0.3 is 4.74 Å². The van der Waals surface area contributed by atoms with Crippen molar-refractivity contribution in [3.05, 3.63) is 121 Å². The minimum atomic E-state index is 0.920. The van der Waals surface area contributed by atoms with Crippen molar-refractivity contribution in [2.24, 2.45) is 0 Å². The SMILES string of the molecule is c1ccc2c(c1)Oc1cccc3c(-c4cccc5c4ccc4cc6ccccc6cc45)ccc-2c13. The zero-order valence-corrected chi connectivity index (χ0v) is 19.0. The molecule has 0 saturated heterocycles. The van der Waals surface area contributed by atoms with Gasteiger partial charge in [0.05, 0.1) is 0 Å². The monoisotopic (exact) mass is 444 g/mol. The molecule has 0 N–H and O–H groups in total. The predicted octanol–water partition coefficient (Wildman–Crippen LogP) is 9.74. The van der Waals surface area contributed by atoms with E-state index in [-0.39, 0.29) is 0 Å². The molecule has 1 heteroatoms. The van der Waals surface area contributed by atoms with Crippen LogP contribution in [0.15, 0.2) is 121 Å². The molecule has 7 aromatic carbocycles. The van der Waals surface area contributed by atoms with Gasteiger partial charge in [-0.2, -0.15) is 0 Å². The Hall–Kier alpha value is -4.62. The van der Waals surface area contributed by atoms with Crippen molar-refractivity contribution in [2.75, 3.05) is 0 Å². The van der Waals surface area contributed by atoms with Gasteiger partial charge in [-0.1, -0.05) is 97.1 Å². The van der Waals surface area contributed by atoms with Crippen LogP contribution in [-0.4, -0.2) is 0 Å². The van der Waals surface area contributed by atoms with Crippen LogP contribution in [0.4, 0.5) is 0 Å². The average molecular weight is 445 g/mol. The summed E-state index contributed by atoms with van der Waals surface area (Å²) in [5, 5.41) is 10.1. The second-order valence-electron chi connectivity index (χ2n) is 9.32. The third-order valence-corrected chi connectivity index (χ3v) is 7.43. The van der Waals surface area contributed by atoms with Gasteiger partial charge in [0.25, 0.3) is 0 Å². The molecule has 162 valence electrons. The number of para-hydroxylation sites is 1. The third kappa shape index (κ3) is 2.64. The van der Waals surface area contributed by atoms with Crippen molar-refractivity contribution in [3.63, 3.8) is 0 Å². The molecule has 0 radical (unpaired) electrons. The Morgan fingerprint density at radius 2 is 1.03 bits per heavy atom. The molecular weight excluding hydrogens is 424 g/mol. The van der Waals surface area contributed by atoms with Crippen molar-refractivity contribution in [3.8, 4) is 33.8 Å². The van der Waals surface area contributed by atoms with Crippen molar-refractivity contribution in [1.82, 2.24) is 0 Å². The summed E-state index contributed by atoms with van der Waals surface area (Å²) in [5.41, 5.74) is 4.87. The third-order valence-electron chi connectivity index (χ3n) is 7.43. The topological polar surface area (TPSA) is 9.23 Å². The van der Waals surface area contributed by atoms with Crippen LogP contribution in [0.2, 0.25) is 0 Å². The van der Waals surface area contributed by atoms with Crippen LogP contribution in [0.1, 0.15) is 0 Å². The van der Waals surface area contributed by atoms with E-state index >= 15 is 0 Å². The predicted molar refractivity (Wildman–Crippen MR) is 147 cm³/mol. The second-order valence-corrected chi connectivity index (χ2v) is 9.32. The maximum atomic E-state index is 6.33. The molecule has 0 amide bonds. The zero-order valence-electron chi connectivity index (χ0n) is 19.0. The van der Waals surface area contributed by atoms with Gasteiger partial charge in [0.15, 0.2) is 0 Å². The van der Waals surface area contributed by atoms with Crippen LogP contribution < -0.4 is 4.74 Å². The Morgan fingerprint density at radius 1 is 0.343 bits per heavy atom. The summed E-state index contributed by atoms with van der Waals surface area (Å²) < 4.78 is 6.33. The number of hydrogen-bond acceptors (Lipinski definition) is 1. The normalized spacial score (nSPS) is 12.2. The van der Waals surface area contributed by atoms with Gasteiger partial charge in [0.1, 0.15) is 11.5 Å². The lowest BCUT2D eigenvalue weighted by molar-refractivity contribution is 0.487. The molecule has 0 aliphatic carbocycles. The molecule has 1 aliphatic heterocycles. The number of fused-ring (bicyclic) bond motifs is 6. The molecule has 8 rings (SSSR count). The maximum Gasteiger partial charge on any atom is 0.135 e. The van der Waals surface area contributed by atoms with Crippen molar-refractivity contribution in [2.45, 2.75) is 0 Å². The fourth-order valence-corrected chi connectivity index (χ4v) is 5.83. The summed E-state index contributed by atoms with van der Waals surface area (Å²) in [7, 11) is 0. The summed E-state index contributed by atoms with van der Waals surface area (Å²) in [6.45, 7) is 0. The molecule has 0 spiro atoms. The molecule has 0 saturated carbocycles. The Labute approximate surface area is 202 Å². The minimum absolute atomic E-state index is 0.920.